The summed E-state index contributed by atoms with van der Waals surface area (Å²) in [6, 6.07) is 10.5. The standard InChI is InChI=1S/C19H16Cl2N2O3/c1-23(2)15-9-17(15)26-19(24)10-3-4-14-16(7-10)25-18(22-14)11-5-12(20)8-13(21)6-11/h3-8,15,17H,9H2,1-2H3/t15-,17-/m1/s1. The predicted octanol–water partition coefficient (Wildman–Crippen LogP) is 4.66. The van der Waals surface area contributed by atoms with E-state index in [4.69, 9.17) is 32.4 Å². The molecular formula is C19H16Cl2N2O3. The summed E-state index contributed by atoms with van der Waals surface area (Å²) < 4.78 is 11.3. The van der Waals surface area contributed by atoms with Crippen molar-refractivity contribution >= 4 is 40.3 Å². The first-order valence-corrected chi connectivity index (χ1v) is 8.91. The van der Waals surface area contributed by atoms with Crippen molar-refractivity contribution in [3.05, 3.63) is 52.0 Å². The minimum absolute atomic E-state index is 0.0490. The van der Waals surface area contributed by atoms with Gasteiger partial charge < -0.3 is 14.1 Å². The molecule has 0 saturated heterocycles. The fourth-order valence-corrected chi connectivity index (χ4v) is 3.41. The highest BCUT2D eigenvalue weighted by Crippen LogP contribution is 2.32. The number of aromatic nitrogens is 1. The average Bonchev–Trinajstić information content (AvgIpc) is 3.21. The molecule has 0 amide bonds. The molecule has 0 unspecified atom stereocenters. The number of hydrogen-bond acceptors (Lipinski definition) is 5. The first-order chi connectivity index (χ1) is 12.4. The van der Waals surface area contributed by atoms with E-state index in [0.717, 1.165) is 6.42 Å². The Labute approximate surface area is 160 Å². The van der Waals surface area contributed by atoms with E-state index in [2.05, 4.69) is 9.88 Å². The smallest absolute Gasteiger partial charge is 0.338 e. The van der Waals surface area contributed by atoms with Gasteiger partial charge in [0.2, 0.25) is 5.89 Å². The number of benzene rings is 2. The SMILES string of the molecule is CN(C)[C@@H]1C[C@H]1OC(=O)c1ccc2nc(-c3cc(Cl)cc(Cl)c3)oc2c1. The van der Waals surface area contributed by atoms with E-state index < -0.39 is 0 Å². The summed E-state index contributed by atoms with van der Waals surface area (Å²) in [5.74, 6) is 0.0368. The number of likely N-dealkylation sites (N-methyl/N-ethyl adjacent to an activating group) is 1. The van der Waals surface area contributed by atoms with Crippen molar-refractivity contribution < 1.29 is 13.9 Å². The van der Waals surface area contributed by atoms with E-state index in [1.165, 1.54) is 0 Å². The number of hydrogen-bond donors (Lipinski definition) is 0. The van der Waals surface area contributed by atoms with Crippen molar-refractivity contribution in [1.29, 1.82) is 0 Å². The van der Waals surface area contributed by atoms with Crippen LogP contribution in [0.15, 0.2) is 40.8 Å². The van der Waals surface area contributed by atoms with Crippen molar-refractivity contribution in [2.45, 2.75) is 18.6 Å². The second-order valence-corrected chi connectivity index (χ2v) is 7.44. The van der Waals surface area contributed by atoms with Crippen LogP contribution < -0.4 is 0 Å². The number of fused-ring (bicyclic) bond motifs is 1. The average molecular weight is 391 g/mol. The van der Waals surface area contributed by atoms with Crippen LogP contribution >= 0.6 is 23.2 Å². The molecule has 0 radical (unpaired) electrons. The van der Waals surface area contributed by atoms with E-state index >= 15 is 0 Å². The monoisotopic (exact) mass is 390 g/mol. The number of oxazole rings is 1. The summed E-state index contributed by atoms with van der Waals surface area (Å²) in [6.07, 6.45) is 0.815. The summed E-state index contributed by atoms with van der Waals surface area (Å²) in [4.78, 5) is 18.8. The second kappa shape index (κ2) is 6.58. The molecule has 1 aliphatic rings. The van der Waals surface area contributed by atoms with Gasteiger partial charge in [0, 0.05) is 28.1 Å². The second-order valence-electron chi connectivity index (χ2n) is 6.57. The zero-order chi connectivity index (χ0) is 18.4. The van der Waals surface area contributed by atoms with Crippen molar-refractivity contribution in [2.75, 3.05) is 14.1 Å². The molecule has 1 heterocycles. The number of ether oxygens (including phenoxy) is 1. The van der Waals surface area contributed by atoms with Crippen molar-refractivity contribution in [3.63, 3.8) is 0 Å². The minimum Gasteiger partial charge on any atom is -0.457 e. The highest BCUT2D eigenvalue weighted by atomic mass is 35.5. The van der Waals surface area contributed by atoms with Crippen molar-refractivity contribution in [3.8, 4) is 11.5 Å². The maximum Gasteiger partial charge on any atom is 0.338 e. The predicted molar refractivity (Wildman–Crippen MR) is 101 cm³/mol. The van der Waals surface area contributed by atoms with Crippen molar-refractivity contribution in [1.82, 2.24) is 9.88 Å². The lowest BCUT2D eigenvalue weighted by atomic mass is 10.2. The van der Waals surface area contributed by atoms with Gasteiger partial charge in [-0.1, -0.05) is 23.2 Å². The van der Waals surface area contributed by atoms with Crippen LogP contribution in [0.3, 0.4) is 0 Å². The van der Waals surface area contributed by atoms with E-state index in [-0.39, 0.29) is 12.1 Å². The molecule has 3 aromatic rings. The topological polar surface area (TPSA) is 55.6 Å². The lowest BCUT2D eigenvalue weighted by Gasteiger charge is -2.09. The molecule has 1 saturated carbocycles. The first kappa shape index (κ1) is 17.3. The molecule has 0 bridgehead atoms. The van der Waals surface area contributed by atoms with E-state index in [0.29, 0.717) is 44.2 Å². The van der Waals surface area contributed by atoms with Gasteiger partial charge in [-0.3, -0.25) is 0 Å². The van der Waals surface area contributed by atoms with E-state index in [1.54, 1.807) is 36.4 Å². The maximum atomic E-state index is 12.3. The van der Waals surface area contributed by atoms with Crippen LogP contribution in [-0.2, 0) is 4.74 Å². The number of rotatable bonds is 4. The minimum atomic E-state index is -0.356. The van der Waals surface area contributed by atoms with E-state index in [1.807, 2.05) is 14.1 Å². The lowest BCUT2D eigenvalue weighted by molar-refractivity contribution is 0.0439. The molecule has 2 aromatic carbocycles. The third-order valence-corrected chi connectivity index (χ3v) is 4.79. The summed E-state index contributed by atoms with van der Waals surface area (Å²) >= 11 is 12.1. The quantitative estimate of drug-likeness (QED) is 0.606. The number of carbonyl (C=O) groups is 1. The van der Waals surface area contributed by atoms with Gasteiger partial charge in [-0.2, -0.15) is 0 Å². The Bertz CT molecular complexity index is 979. The van der Waals surface area contributed by atoms with Gasteiger partial charge >= 0.3 is 5.97 Å². The molecular weight excluding hydrogens is 375 g/mol. The largest absolute Gasteiger partial charge is 0.457 e. The normalized spacial score (nSPS) is 19.1. The van der Waals surface area contributed by atoms with Crippen LogP contribution in [0.25, 0.3) is 22.6 Å². The molecule has 4 rings (SSSR count). The summed E-state index contributed by atoms with van der Waals surface area (Å²) in [6.45, 7) is 0. The zero-order valence-corrected chi connectivity index (χ0v) is 15.7. The third-order valence-electron chi connectivity index (χ3n) is 4.36. The van der Waals surface area contributed by atoms with Crippen LogP contribution in [0.2, 0.25) is 10.0 Å². The summed E-state index contributed by atoms with van der Waals surface area (Å²) in [5.41, 5.74) is 2.26. The number of carbonyl (C=O) groups excluding carboxylic acids is 1. The lowest BCUT2D eigenvalue weighted by Crippen LogP contribution is -2.20. The van der Waals surface area contributed by atoms with Gasteiger partial charge in [-0.15, -0.1) is 0 Å². The molecule has 1 aromatic heterocycles. The highest BCUT2D eigenvalue weighted by Gasteiger charge is 2.42. The third kappa shape index (κ3) is 3.43. The molecule has 5 nitrogen and oxygen atoms in total. The number of halogens is 2. The van der Waals surface area contributed by atoms with E-state index in [9.17, 15) is 4.79 Å². The van der Waals surface area contributed by atoms with Gasteiger partial charge in [0.25, 0.3) is 0 Å². The molecule has 0 N–H and O–H groups in total. The molecule has 1 fully saturated rings. The van der Waals surface area contributed by atoms with Gasteiger partial charge in [-0.25, -0.2) is 9.78 Å². The maximum absolute atomic E-state index is 12.3. The van der Waals surface area contributed by atoms with Gasteiger partial charge in [0.15, 0.2) is 5.58 Å². The van der Waals surface area contributed by atoms with Crippen LogP contribution in [0.4, 0.5) is 0 Å². The highest BCUT2D eigenvalue weighted by molar-refractivity contribution is 6.35. The molecule has 1 aliphatic carbocycles. The number of esters is 1. The van der Waals surface area contributed by atoms with Crippen LogP contribution in [0, 0.1) is 0 Å². The Morgan fingerprint density at radius 1 is 1.19 bits per heavy atom. The Morgan fingerprint density at radius 3 is 2.58 bits per heavy atom. The molecule has 134 valence electrons. The fraction of sp³-hybridized carbons (Fsp3) is 0.263. The summed E-state index contributed by atoms with van der Waals surface area (Å²) in [5, 5.41) is 0.998. The molecule has 0 aliphatic heterocycles. The molecule has 2 atom stereocenters. The zero-order valence-electron chi connectivity index (χ0n) is 14.2. The van der Waals surface area contributed by atoms with Crippen LogP contribution in [-0.4, -0.2) is 42.1 Å². The Kier molecular flexibility index (Phi) is 4.39. The Balaban J connectivity index is 1.59. The van der Waals surface area contributed by atoms with Gasteiger partial charge in [0.1, 0.15) is 11.6 Å². The Hall–Kier alpha value is -2.08. The molecule has 7 heteroatoms. The number of nitrogens with zero attached hydrogens (tertiary/aromatic N) is 2. The van der Waals surface area contributed by atoms with Crippen LogP contribution in [0.1, 0.15) is 16.8 Å². The van der Waals surface area contributed by atoms with Gasteiger partial charge in [0.05, 0.1) is 5.56 Å². The molecule has 26 heavy (non-hydrogen) atoms. The fourth-order valence-electron chi connectivity index (χ4n) is 2.89. The summed E-state index contributed by atoms with van der Waals surface area (Å²) in [7, 11) is 3.95. The Morgan fingerprint density at radius 2 is 1.92 bits per heavy atom. The van der Waals surface area contributed by atoms with Crippen LogP contribution in [0.5, 0.6) is 0 Å². The van der Waals surface area contributed by atoms with Gasteiger partial charge in [-0.05, 0) is 50.5 Å². The first-order valence-electron chi connectivity index (χ1n) is 8.15. The van der Waals surface area contributed by atoms with Crippen molar-refractivity contribution in [2.24, 2.45) is 0 Å². The molecule has 0 spiro atoms.